The fraction of sp³-hybridized carbons (Fsp3) is 0.545. The lowest BCUT2D eigenvalue weighted by Gasteiger charge is -2.59. The van der Waals surface area contributed by atoms with E-state index in [1.54, 1.807) is 38.1 Å². The standard InChI is InChI=1S/C33H42O5/c1-20(2)14-15-23-18-32-19-24(31(7,8)37)38-28(32)25(26(34)22-12-10-9-11-13-22)27(35)33(29(32)36,30(23,5)6)17-16-21(3)4/h9-14,16,23-24,37H,15,17-19H2,1-8H3. The van der Waals surface area contributed by atoms with Crippen LogP contribution in [0.4, 0.5) is 0 Å². The lowest BCUT2D eigenvalue weighted by Crippen LogP contribution is -2.66. The fourth-order valence-electron chi connectivity index (χ4n) is 6.80. The van der Waals surface area contributed by atoms with Crippen molar-refractivity contribution < 1.29 is 24.2 Å². The Morgan fingerprint density at radius 1 is 1.03 bits per heavy atom. The van der Waals surface area contributed by atoms with E-state index in [0.717, 1.165) is 12.0 Å². The maximum atomic E-state index is 14.9. The first-order valence-corrected chi connectivity index (χ1v) is 13.7. The van der Waals surface area contributed by atoms with E-state index in [0.29, 0.717) is 12.0 Å². The third-order valence-corrected chi connectivity index (χ3v) is 9.29. The number of fused-ring (bicyclic) bond motifs is 1. The van der Waals surface area contributed by atoms with Crippen LogP contribution >= 0.6 is 0 Å². The van der Waals surface area contributed by atoms with Gasteiger partial charge in [0.25, 0.3) is 0 Å². The Morgan fingerprint density at radius 2 is 1.63 bits per heavy atom. The molecule has 5 heteroatoms. The molecule has 1 saturated carbocycles. The van der Waals surface area contributed by atoms with Crippen LogP contribution in [0.2, 0.25) is 0 Å². The van der Waals surface area contributed by atoms with E-state index in [2.05, 4.69) is 19.9 Å². The molecule has 1 aliphatic heterocycles. The van der Waals surface area contributed by atoms with Crippen LogP contribution in [0.25, 0.3) is 0 Å². The summed E-state index contributed by atoms with van der Waals surface area (Å²) in [6, 6.07) is 8.73. The Labute approximate surface area is 227 Å². The van der Waals surface area contributed by atoms with Crippen molar-refractivity contribution in [2.75, 3.05) is 0 Å². The Balaban J connectivity index is 2.06. The van der Waals surface area contributed by atoms with E-state index in [9.17, 15) is 19.5 Å². The molecule has 2 bridgehead atoms. The van der Waals surface area contributed by atoms with Crippen LogP contribution in [0.1, 0.15) is 91.4 Å². The molecule has 4 atom stereocenters. The smallest absolute Gasteiger partial charge is 0.200 e. The highest BCUT2D eigenvalue weighted by molar-refractivity contribution is 6.35. The molecule has 2 aliphatic carbocycles. The molecule has 1 saturated heterocycles. The van der Waals surface area contributed by atoms with E-state index < -0.39 is 39.5 Å². The summed E-state index contributed by atoms with van der Waals surface area (Å²) in [7, 11) is 0. The van der Waals surface area contributed by atoms with Crippen LogP contribution in [0, 0.1) is 22.2 Å². The molecule has 4 unspecified atom stereocenters. The van der Waals surface area contributed by atoms with Crippen LogP contribution in [0.3, 0.4) is 0 Å². The molecule has 1 aromatic carbocycles. The second-order valence-electron chi connectivity index (χ2n) is 13.1. The number of Topliss-reactive ketones (excluding diaryl/α,β-unsaturated/α-hetero) is 3. The van der Waals surface area contributed by atoms with Crippen molar-refractivity contribution in [3.63, 3.8) is 0 Å². The third kappa shape index (κ3) is 4.14. The highest BCUT2D eigenvalue weighted by atomic mass is 16.5. The van der Waals surface area contributed by atoms with Gasteiger partial charge in [-0.05, 0) is 72.1 Å². The number of allylic oxidation sites excluding steroid dienone is 6. The fourth-order valence-corrected chi connectivity index (χ4v) is 6.80. The summed E-state index contributed by atoms with van der Waals surface area (Å²) in [5.41, 5.74) is -1.96. The predicted octanol–water partition coefficient (Wildman–Crippen LogP) is 6.57. The molecule has 2 fully saturated rings. The van der Waals surface area contributed by atoms with Gasteiger partial charge in [0.15, 0.2) is 17.3 Å². The summed E-state index contributed by atoms with van der Waals surface area (Å²) in [6.45, 7) is 15.4. The molecule has 0 aromatic heterocycles. The van der Waals surface area contributed by atoms with Gasteiger partial charge < -0.3 is 9.84 Å². The molecular formula is C33H42O5. The molecule has 4 rings (SSSR count). The van der Waals surface area contributed by atoms with Gasteiger partial charge in [-0.1, -0.05) is 67.5 Å². The molecule has 1 aromatic rings. The number of carbonyl (C=O) groups is 3. The van der Waals surface area contributed by atoms with Gasteiger partial charge in [0.2, 0.25) is 0 Å². The zero-order valence-corrected chi connectivity index (χ0v) is 24.1. The number of ether oxygens (including phenoxy) is 1. The Kier molecular flexibility index (Phi) is 7.01. The zero-order valence-electron chi connectivity index (χ0n) is 24.1. The normalized spacial score (nSPS) is 29.9. The summed E-state index contributed by atoms with van der Waals surface area (Å²) < 4.78 is 6.35. The number of ketones is 3. The van der Waals surface area contributed by atoms with Gasteiger partial charge in [-0.2, -0.15) is 0 Å². The summed E-state index contributed by atoms with van der Waals surface area (Å²) >= 11 is 0. The zero-order chi connectivity index (χ0) is 28.3. The van der Waals surface area contributed by atoms with E-state index in [-0.39, 0.29) is 35.9 Å². The first-order chi connectivity index (χ1) is 17.6. The van der Waals surface area contributed by atoms with E-state index in [1.807, 2.05) is 39.8 Å². The van der Waals surface area contributed by atoms with Gasteiger partial charge in [-0.25, -0.2) is 0 Å². The molecule has 1 spiro atoms. The van der Waals surface area contributed by atoms with Crippen molar-refractivity contribution in [1.82, 2.24) is 0 Å². The van der Waals surface area contributed by atoms with Crippen molar-refractivity contribution in [3.05, 3.63) is 70.5 Å². The Hall–Kier alpha value is -2.79. The lowest BCUT2D eigenvalue weighted by molar-refractivity contribution is -0.169. The minimum absolute atomic E-state index is 0.00264. The summed E-state index contributed by atoms with van der Waals surface area (Å²) in [4.78, 5) is 43.7. The van der Waals surface area contributed by atoms with Crippen molar-refractivity contribution in [1.29, 1.82) is 0 Å². The first-order valence-electron chi connectivity index (χ1n) is 13.7. The summed E-state index contributed by atoms with van der Waals surface area (Å²) in [5, 5.41) is 11.0. The maximum absolute atomic E-state index is 14.9. The number of rotatable bonds is 7. The number of hydrogen-bond acceptors (Lipinski definition) is 5. The van der Waals surface area contributed by atoms with Gasteiger partial charge in [0.1, 0.15) is 22.9 Å². The number of aliphatic hydroxyl groups is 1. The SMILES string of the molecule is CC(C)=CCC1CC23CC(C(C)(C)O)OC2=C(C(=O)c2ccccc2)C(=O)C(CC=C(C)C)(C3=O)C1(C)C. The molecule has 3 aliphatic rings. The average molecular weight is 519 g/mol. The predicted molar refractivity (Wildman–Crippen MR) is 148 cm³/mol. The van der Waals surface area contributed by atoms with Crippen molar-refractivity contribution in [2.45, 2.75) is 92.8 Å². The van der Waals surface area contributed by atoms with Gasteiger partial charge in [-0.3, -0.25) is 14.4 Å². The van der Waals surface area contributed by atoms with Gasteiger partial charge in [0, 0.05) is 12.0 Å². The number of benzene rings is 1. The van der Waals surface area contributed by atoms with Crippen molar-refractivity contribution in [2.24, 2.45) is 22.2 Å². The Bertz CT molecular complexity index is 1250. The monoisotopic (exact) mass is 518 g/mol. The topological polar surface area (TPSA) is 80.7 Å². The maximum Gasteiger partial charge on any atom is 0.200 e. The van der Waals surface area contributed by atoms with Crippen LogP contribution in [-0.2, 0) is 14.3 Å². The minimum atomic E-state index is -1.41. The minimum Gasteiger partial charge on any atom is -0.490 e. The first kappa shape index (κ1) is 28.2. The van der Waals surface area contributed by atoms with Gasteiger partial charge >= 0.3 is 0 Å². The quantitative estimate of drug-likeness (QED) is 0.191. The van der Waals surface area contributed by atoms with E-state index in [1.165, 1.54) is 5.57 Å². The van der Waals surface area contributed by atoms with Crippen LogP contribution < -0.4 is 0 Å². The second kappa shape index (κ2) is 9.44. The molecule has 38 heavy (non-hydrogen) atoms. The second-order valence-corrected chi connectivity index (χ2v) is 13.1. The largest absolute Gasteiger partial charge is 0.490 e. The van der Waals surface area contributed by atoms with E-state index in [4.69, 9.17) is 4.74 Å². The molecule has 5 nitrogen and oxygen atoms in total. The van der Waals surface area contributed by atoms with Crippen molar-refractivity contribution in [3.8, 4) is 0 Å². The highest BCUT2D eigenvalue weighted by Crippen LogP contribution is 2.69. The molecule has 1 N–H and O–H groups in total. The Morgan fingerprint density at radius 3 is 2.18 bits per heavy atom. The van der Waals surface area contributed by atoms with Gasteiger partial charge in [0.05, 0.1) is 11.0 Å². The molecule has 0 radical (unpaired) electrons. The average Bonchev–Trinajstić information content (AvgIpc) is 3.21. The summed E-state index contributed by atoms with van der Waals surface area (Å²) in [6.07, 6.45) is 5.11. The molecular weight excluding hydrogens is 476 g/mol. The highest BCUT2D eigenvalue weighted by Gasteiger charge is 2.75. The van der Waals surface area contributed by atoms with Crippen LogP contribution in [0.5, 0.6) is 0 Å². The lowest BCUT2D eigenvalue weighted by atomic mass is 9.40. The van der Waals surface area contributed by atoms with Crippen molar-refractivity contribution >= 4 is 17.3 Å². The van der Waals surface area contributed by atoms with E-state index >= 15 is 0 Å². The van der Waals surface area contributed by atoms with Crippen LogP contribution in [0.15, 0.2) is 65.0 Å². The number of carbonyl (C=O) groups excluding carboxylic acids is 3. The van der Waals surface area contributed by atoms with Crippen LogP contribution in [-0.4, -0.2) is 34.2 Å². The summed E-state index contributed by atoms with van der Waals surface area (Å²) in [5.74, 6) is -0.838. The number of hydrogen-bond donors (Lipinski definition) is 1. The molecule has 0 amide bonds. The molecule has 204 valence electrons. The third-order valence-electron chi connectivity index (χ3n) is 9.29. The molecule has 1 heterocycles. The van der Waals surface area contributed by atoms with Gasteiger partial charge in [-0.15, -0.1) is 0 Å².